The number of benzene rings is 2. The Morgan fingerprint density at radius 1 is 1.16 bits per heavy atom. The standard InChI is InChI=1S/C17H16Cl2N2O3S/c1-17(11-20,12-24-15-8-6-14(18)7-9-15)21-25(22,23)10-13-4-2-3-5-16(13)19/h2-9,21H,10,12H2,1H3. The maximum atomic E-state index is 12.4. The zero-order valence-electron chi connectivity index (χ0n) is 13.4. The molecule has 5 nitrogen and oxygen atoms in total. The fraction of sp³-hybridized carbons (Fsp3) is 0.235. The van der Waals surface area contributed by atoms with E-state index in [1.54, 1.807) is 48.5 Å². The zero-order chi connectivity index (χ0) is 18.5. The molecule has 0 aliphatic heterocycles. The number of hydrogen-bond acceptors (Lipinski definition) is 4. The van der Waals surface area contributed by atoms with Crippen LogP contribution in [-0.2, 0) is 15.8 Å². The number of nitrogens with one attached hydrogen (secondary N) is 1. The van der Waals surface area contributed by atoms with Crippen LogP contribution in [0.1, 0.15) is 12.5 Å². The van der Waals surface area contributed by atoms with Crippen LogP contribution in [0.5, 0.6) is 5.75 Å². The lowest BCUT2D eigenvalue weighted by Gasteiger charge is -2.23. The average Bonchev–Trinajstić information content (AvgIpc) is 2.56. The van der Waals surface area contributed by atoms with Crippen molar-refractivity contribution in [3.63, 3.8) is 0 Å². The average molecular weight is 399 g/mol. The second-order valence-electron chi connectivity index (χ2n) is 5.64. The summed E-state index contributed by atoms with van der Waals surface area (Å²) in [4.78, 5) is 0. The quantitative estimate of drug-likeness (QED) is 0.769. The van der Waals surface area contributed by atoms with E-state index in [-0.39, 0.29) is 12.4 Å². The lowest BCUT2D eigenvalue weighted by Crippen LogP contribution is -2.49. The molecule has 0 aliphatic rings. The Morgan fingerprint density at radius 2 is 1.80 bits per heavy atom. The second-order valence-corrected chi connectivity index (χ2v) is 8.20. The Bertz CT molecular complexity index is 880. The van der Waals surface area contributed by atoms with Gasteiger partial charge in [0.1, 0.15) is 12.4 Å². The topological polar surface area (TPSA) is 79.2 Å². The minimum absolute atomic E-state index is 0.160. The normalized spacial score (nSPS) is 13.7. The van der Waals surface area contributed by atoms with E-state index in [2.05, 4.69) is 4.72 Å². The van der Waals surface area contributed by atoms with Gasteiger partial charge in [-0.1, -0.05) is 41.4 Å². The maximum Gasteiger partial charge on any atom is 0.217 e. The Kier molecular flexibility index (Phi) is 6.31. The summed E-state index contributed by atoms with van der Waals surface area (Å²) in [6, 6.07) is 15.1. The molecule has 8 heteroatoms. The van der Waals surface area contributed by atoms with Gasteiger partial charge in [-0.3, -0.25) is 0 Å². The van der Waals surface area contributed by atoms with Crippen LogP contribution in [0, 0.1) is 11.3 Å². The monoisotopic (exact) mass is 398 g/mol. The largest absolute Gasteiger partial charge is 0.491 e. The molecule has 0 fully saturated rings. The number of sulfonamides is 1. The first-order chi connectivity index (χ1) is 11.7. The summed E-state index contributed by atoms with van der Waals surface area (Å²) in [6.07, 6.45) is 0. The Balaban J connectivity index is 2.07. The number of halogens is 2. The first-order valence-electron chi connectivity index (χ1n) is 7.28. The van der Waals surface area contributed by atoms with Crippen LogP contribution in [0.2, 0.25) is 10.0 Å². The van der Waals surface area contributed by atoms with Crippen LogP contribution in [0.4, 0.5) is 0 Å². The van der Waals surface area contributed by atoms with Crippen molar-refractivity contribution in [2.75, 3.05) is 6.61 Å². The summed E-state index contributed by atoms with van der Waals surface area (Å²) in [6.45, 7) is 1.29. The summed E-state index contributed by atoms with van der Waals surface area (Å²) in [5.41, 5.74) is -0.977. The summed E-state index contributed by atoms with van der Waals surface area (Å²) >= 11 is 11.8. The second kappa shape index (κ2) is 8.07. The summed E-state index contributed by atoms with van der Waals surface area (Å²) in [7, 11) is -3.80. The molecular weight excluding hydrogens is 383 g/mol. The number of rotatable bonds is 7. The fourth-order valence-electron chi connectivity index (χ4n) is 2.04. The molecule has 0 radical (unpaired) electrons. The van der Waals surface area contributed by atoms with Gasteiger partial charge in [-0.2, -0.15) is 9.98 Å². The molecule has 0 aromatic heterocycles. The highest BCUT2D eigenvalue weighted by Gasteiger charge is 2.31. The number of nitrogens with zero attached hydrogens (tertiary/aromatic N) is 1. The lowest BCUT2D eigenvalue weighted by atomic mass is 10.1. The summed E-state index contributed by atoms with van der Waals surface area (Å²) < 4.78 is 32.7. The predicted octanol–water partition coefficient (Wildman–Crippen LogP) is 3.77. The van der Waals surface area contributed by atoms with Gasteiger partial charge in [0.15, 0.2) is 5.54 Å². The van der Waals surface area contributed by atoms with Gasteiger partial charge in [-0.25, -0.2) is 8.42 Å². The molecule has 0 spiro atoms. The molecule has 0 saturated heterocycles. The van der Waals surface area contributed by atoms with Crippen LogP contribution in [0.3, 0.4) is 0 Å². The van der Waals surface area contributed by atoms with Crippen molar-refractivity contribution >= 4 is 33.2 Å². The van der Waals surface area contributed by atoms with Crippen molar-refractivity contribution in [3.8, 4) is 11.8 Å². The van der Waals surface area contributed by atoms with Gasteiger partial charge < -0.3 is 4.74 Å². The molecule has 2 rings (SSSR count). The molecule has 2 aromatic carbocycles. The molecule has 1 unspecified atom stereocenters. The molecule has 0 aliphatic carbocycles. The molecule has 0 amide bonds. The fourth-order valence-corrected chi connectivity index (χ4v) is 3.97. The first-order valence-corrected chi connectivity index (χ1v) is 9.68. The van der Waals surface area contributed by atoms with Gasteiger partial charge >= 0.3 is 0 Å². The highest BCUT2D eigenvalue weighted by atomic mass is 35.5. The Morgan fingerprint density at radius 3 is 2.40 bits per heavy atom. The molecule has 25 heavy (non-hydrogen) atoms. The van der Waals surface area contributed by atoms with Crippen LogP contribution in [0.25, 0.3) is 0 Å². The molecule has 0 bridgehead atoms. The van der Waals surface area contributed by atoms with E-state index >= 15 is 0 Å². The van der Waals surface area contributed by atoms with Gasteiger partial charge in [0, 0.05) is 10.0 Å². The molecule has 1 atom stereocenters. The van der Waals surface area contributed by atoms with Crippen LogP contribution in [-0.4, -0.2) is 20.6 Å². The molecule has 0 heterocycles. The van der Waals surface area contributed by atoms with Gasteiger partial charge in [0.2, 0.25) is 10.0 Å². The van der Waals surface area contributed by atoms with E-state index in [1.165, 1.54) is 6.92 Å². The van der Waals surface area contributed by atoms with E-state index in [1.807, 2.05) is 6.07 Å². The number of nitriles is 1. The first kappa shape index (κ1) is 19.5. The Hall–Kier alpha value is -1.78. The predicted molar refractivity (Wildman–Crippen MR) is 98.2 cm³/mol. The number of ether oxygens (including phenoxy) is 1. The molecule has 1 N–H and O–H groups in total. The number of hydrogen-bond donors (Lipinski definition) is 1. The SMILES string of the molecule is CC(C#N)(COc1ccc(Cl)cc1)NS(=O)(=O)Cc1ccccc1Cl. The van der Waals surface area contributed by atoms with Gasteiger partial charge in [-0.15, -0.1) is 0 Å². The van der Waals surface area contributed by atoms with Crippen molar-refractivity contribution in [1.29, 1.82) is 5.26 Å². The van der Waals surface area contributed by atoms with Gasteiger partial charge in [-0.05, 0) is 42.8 Å². The van der Waals surface area contributed by atoms with Crippen molar-refractivity contribution in [3.05, 3.63) is 64.1 Å². The van der Waals surface area contributed by atoms with Crippen molar-refractivity contribution in [2.45, 2.75) is 18.2 Å². The van der Waals surface area contributed by atoms with Crippen LogP contribution in [0.15, 0.2) is 48.5 Å². The maximum absolute atomic E-state index is 12.4. The minimum atomic E-state index is -3.80. The van der Waals surface area contributed by atoms with Crippen molar-refractivity contribution < 1.29 is 13.2 Å². The van der Waals surface area contributed by atoms with Gasteiger partial charge in [0.25, 0.3) is 0 Å². The van der Waals surface area contributed by atoms with Crippen LogP contribution < -0.4 is 9.46 Å². The molecule has 0 saturated carbocycles. The van der Waals surface area contributed by atoms with Crippen molar-refractivity contribution in [2.24, 2.45) is 0 Å². The van der Waals surface area contributed by atoms with Crippen molar-refractivity contribution in [1.82, 2.24) is 4.72 Å². The smallest absolute Gasteiger partial charge is 0.217 e. The van der Waals surface area contributed by atoms with Crippen LogP contribution >= 0.6 is 23.2 Å². The third-order valence-corrected chi connectivity index (χ3v) is 5.35. The highest BCUT2D eigenvalue weighted by molar-refractivity contribution is 7.88. The third-order valence-electron chi connectivity index (χ3n) is 3.27. The Labute approximate surface area is 157 Å². The lowest BCUT2D eigenvalue weighted by molar-refractivity contribution is 0.252. The van der Waals surface area contributed by atoms with E-state index in [0.717, 1.165) is 0 Å². The minimum Gasteiger partial charge on any atom is -0.491 e. The molecule has 132 valence electrons. The van der Waals surface area contributed by atoms with E-state index < -0.39 is 15.6 Å². The van der Waals surface area contributed by atoms with E-state index in [0.29, 0.717) is 21.4 Å². The van der Waals surface area contributed by atoms with E-state index in [9.17, 15) is 13.7 Å². The highest BCUT2D eigenvalue weighted by Crippen LogP contribution is 2.20. The third kappa shape index (κ3) is 5.91. The molecular formula is C17H16Cl2N2O3S. The van der Waals surface area contributed by atoms with E-state index in [4.69, 9.17) is 27.9 Å². The summed E-state index contributed by atoms with van der Waals surface area (Å²) in [5, 5.41) is 10.3. The molecule has 2 aromatic rings. The van der Waals surface area contributed by atoms with Gasteiger partial charge in [0.05, 0.1) is 11.8 Å². The summed E-state index contributed by atoms with van der Waals surface area (Å²) in [5.74, 6) is 0.154. The zero-order valence-corrected chi connectivity index (χ0v) is 15.7.